The van der Waals surface area contributed by atoms with Gasteiger partial charge in [0.25, 0.3) is 10.0 Å². The van der Waals surface area contributed by atoms with Crippen LogP contribution in [0.1, 0.15) is 5.69 Å². The normalized spacial score (nSPS) is 11.4. The molecular formula is C11H8Br2ClN3O2S. The number of nitrogens with one attached hydrogen (secondary N) is 1. The van der Waals surface area contributed by atoms with Gasteiger partial charge in [-0.1, -0.05) is 11.6 Å². The van der Waals surface area contributed by atoms with Crippen molar-refractivity contribution in [3.05, 3.63) is 44.2 Å². The van der Waals surface area contributed by atoms with Crippen LogP contribution in [0.4, 0.5) is 5.82 Å². The van der Waals surface area contributed by atoms with Gasteiger partial charge in [0.1, 0.15) is 15.9 Å². The highest BCUT2D eigenvalue weighted by atomic mass is 79.9. The smallest absolute Gasteiger partial charge is 0.263 e. The number of halogens is 3. The van der Waals surface area contributed by atoms with Gasteiger partial charge in [-0.3, -0.25) is 4.72 Å². The first-order valence-corrected chi connectivity index (χ1v) is 8.71. The average molecular weight is 442 g/mol. The lowest BCUT2D eigenvalue weighted by molar-refractivity contribution is 0.600. The van der Waals surface area contributed by atoms with Crippen LogP contribution in [0.3, 0.4) is 0 Å². The second-order valence-electron chi connectivity index (χ2n) is 3.81. The summed E-state index contributed by atoms with van der Waals surface area (Å²) in [6.07, 6.45) is 1.18. The number of pyridine rings is 2. The highest BCUT2D eigenvalue weighted by Gasteiger charge is 2.17. The summed E-state index contributed by atoms with van der Waals surface area (Å²) in [5, 5.41) is 0.196. The Hall–Kier alpha value is -0.700. The van der Waals surface area contributed by atoms with Gasteiger partial charge in [-0.05, 0) is 57.0 Å². The van der Waals surface area contributed by atoms with Gasteiger partial charge in [0.2, 0.25) is 0 Å². The number of rotatable bonds is 3. The van der Waals surface area contributed by atoms with Crippen molar-refractivity contribution >= 4 is 59.3 Å². The van der Waals surface area contributed by atoms with Crippen molar-refractivity contribution in [3.63, 3.8) is 0 Å². The van der Waals surface area contributed by atoms with Gasteiger partial charge in [0, 0.05) is 10.7 Å². The first-order chi connectivity index (χ1) is 9.29. The largest absolute Gasteiger partial charge is 0.264 e. The molecule has 0 radical (unpaired) electrons. The van der Waals surface area contributed by atoms with Gasteiger partial charge in [-0.25, -0.2) is 18.4 Å². The zero-order valence-corrected chi connectivity index (χ0v) is 14.8. The molecule has 0 aliphatic rings. The molecule has 0 fully saturated rings. The lowest BCUT2D eigenvalue weighted by atomic mass is 10.4. The summed E-state index contributed by atoms with van der Waals surface area (Å²) in [5.41, 5.74) is 0.681. The molecule has 2 rings (SSSR count). The molecule has 2 aromatic heterocycles. The Morgan fingerprint density at radius 2 is 1.95 bits per heavy atom. The number of sulfonamides is 1. The zero-order chi connectivity index (χ0) is 14.9. The number of hydrogen-bond acceptors (Lipinski definition) is 4. The molecular weight excluding hydrogens is 433 g/mol. The van der Waals surface area contributed by atoms with Crippen molar-refractivity contribution in [2.75, 3.05) is 4.72 Å². The third-order valence-electron chi connectivity index (χ3n) is 2.34. The SMILES string of the molecule is Cc1nc(NS(=O)(=O)c2cnc(Cl)c(Br)c2)ccc1Br. The van der Waals surface area contributed by atoms with Crippen LogP contribution in [0.5, 0.6) is 0 Å². The molecule has 1 N–H and O–H groups in total. The van der Waals surface area contributed by atoms with Crippen LogP contribution in [0, 0.1) is 6.92 Å². The number of hydrogen-bond donors (Lipinski definition) is 1. The van der Waals surface area contributed by atoms with Crippen LogP contribution in [0.2, 0.25) is 5.15 Å². The van der Waals surface area contributed by atoms with Crippen molar-refractivity contribution in [1.29, 1.82) is 0 Å². The molecule has 5 nitrogen and oxygen atoms in total. The Morgan fingerprint density at radius 3 is 2.55 bits per heavy atom. The minimum Gasteiger partial charge on any atom is -0.263 e. The number of nitrogens with zero attached hydrogens (tertiary/aromatic N) is 2. The second-order valence-corrected chi connectivity index (χ2v) is 7.56. The third-order valence-corrected chi connectivity index (χ3v) is 5.64. The van der Waals surface area contributed by atoms with Gasteiger partial charge >= 0.3 is 0 Å². The van der Waals surface area contributed by atoms with E-state index in [4.69, 9.17) is 11.6 Å². The maximum atomic E-state index is 12.2. The Morgan fingerprint density at radius 1 is 1.25 bits per heavy atom. The zero-order valence-electron chi connectivity index (χ0n) is 10.1. The summed E-state index contributed by atoms with van der Waals surface area (Å²) in [5.74, 6) is 0.233. The molecule has 0 aliphatic carbocycles. The molecule has 0 saturated heterocycles. The molecule has 0 bridgehead atoms. The lowest BCUT2D eigenvalue weighted by Crippen LogP contribution is -2.14. The monoisotopic (exact) mass is 439 g/mol. The van der Waals surface area contributed by atoms with Crippen LogP contribution in [-0.4, -0.2) is 18.4 Å². The standard InChI is InChI=1S/C11H8Br2ClN3O2S/c1-6-8(12)2-3-10(16-6)17-20(18,19)7-4-9(13)11(14)15-5-7/h2-5H,1H3,(H,16,17). The van der Waals surface area contributed by atoms with Crippen molar-refractivity contribution < 1.29 is 8.42 Å². The van der Waals surface area contributed by atoms with E-state index in [0.29, 0.717) is 10.2 Å². The summed E-state index contributed by atoms with van der Waals surface area (Å²) in [6, 6.07) is 4.66. The van der Waals surface area contributed by atoms with E-state index in [2.05, 4.69) is 46.5 Å². The Kier molecular flexibility index (Phi) is 4.68. The summed E-state index contributed by atoms with van der Waals surface area (Å²) >= 11 is 12.2. The maximum Gasteiger partial charge on any atom is 0.264 e. The molecule has 0 spiro atoms. The molecule has 0 aromatic carbocycles. The van der Waals surface area contributed by atoms with Crippen LogP contribution >= 0.6 is 43.5 Å². The minimum absolute atomic E-state index is 0.00357. The van der Waals surface area contributed by atoms with Gasteiger partial charge in [-0.15, -0.1) is 0 Å². The van der Waals surface area contributed by atoms with E-state index < -0.39 is 10.0 Å². The molecule has 0 atom stereocenters. The molecule has 106 valence electrons. The van der Waals surface area contributed by atoms with Crippen molar-refractivity contribution in [2.24, 2.45) is 0 Å². The second kappa shape index (κ2) is 5.97. The fourth-order valence-corrected chi connectivity index (χ4v) is 3.14. The molecule has 0 amide bonds. The van der Waals surface area contributed by atoms with Gasteiger partial charge in [0.05, 0.1) is 10.2 Å². The van der Waals surface area contributed by atoms with Crippen molar-refractivity contribution in [3.8, 4) is 0 Å². The fourth-order valence-electron chi connectivity index (χ4n) is 1.35. The Bertz CT molecular complexity index is 768. The van der Waals surface area contributed by atoms with E-state index in [1.54, 1.807) is 19.1 Å². The quantitative estimate of drug-likeness (QED) is 0.736. The molecule has 0 unspecified atom stereocenters. The van der Waals surface area contributed by atoms with E-state index in [1.807, 2.05) is 0 Å². The third kappa shape index (κ3) is 3.49. The van der Waals surface area contributed by atoms with Crippen LogP contribution in [0.15, 0.2) is 38.2 Å². The fraction of sp³-hybridized carbons (Fsp3) is 0.0909. The van der Waals surface area contributed by atoms with Gasteiger partial charge in [-0.2, -0.15) is 0 Å². The Balaban J connectivity index is 2.35. The van der Waals surface area contributed by atoms with E-state index in [9.17, 15) is 8.42 Å². The van der Waals surface area contributed by atoms with E-state index in [0.717, 1.165) is 4.47 Å². The van der Waals surface area contributed by atoms with E-state index in [-0.39, 0.29) is 15.9 Å². The first-order valence-electron chi connectivity index (χ1n) is 5.26. The molecule has 0 saturated carbocycles. The topological polar surface area (TPSA) is 72.0 Å². The Labute approximate surface area is 138 Å². The summed E-state index contributed by atoms with van der Waals surface area (Å²) < 4.78 is 28.0. The number of anilines is 1. The predicted octanol–water partition coefficient (Wildman–Crippen LogP) is 3.76. The predicted molar refractivity (Wildman–Crippen MR) is 84.4 cm³/mol. The van der Waals surface area contributed by atoms with Gasteiger partial charge in [0.15, 0.2) is 0 Å². The number of aromatic nitrogens is 2. The van der Waals surface area contributed by atoms with Crippen LogP contribution < -0.4 is 4.72 Å². The van der Waals surface area contributed by atoms with Crippen molar-refractivity contribution in [1.82, 2.24) is 9.97 Å². The maximum absolute atomic E-state index is 12.2. The van der Waals surface area contributed by atoms with Gasteiger partial charge < -0.3 is 0 Å². The molecule has 2 heterocycles. The number of aryl methyl sites for hydroxylation is 1. The molecule has 20 heavy (non-hydrogen) atoms. The highest BCUT2D eigenvalue weighted by Crippen LogP contribution is 2.24. The van der Waals surface area contributed by atoms with E-state index >= 15 is 0 Å². The molecule has 2 aromatic rings. The average Bonchev–Trinajstić information content (AvgIpc) is 2.37. The summed E-state index contributed by atoms with van der Waals surface area (Å²) in [4.78, 5) is 7.91. The highest BCUT2D eigenvalue weighted by molar-refractivity contribution is 9.10. The molecule has 9 heteroatoms. The van der Waals surface area contributed by atoms with E-state index in [1.165, 1.54) is 12.3 Å². The molecule has 0 aliphatic heterocycles. The minimum atomic E-state index is -3.76. The summed E-state index contributed by atoms with van der Waals surface area (Å²) in [7, 11) is -3.76. The summed E-state index contributed by atoms with van der Waals surface area (Å²) in [6.45, 7) is 1.77. The van der Waals surface area contributed by atoms with Crippen LogP contribution in [-0.2, 0) is 10.0 Å². The van der Waals surface area contributed by atoms with Crippen molar-refractivity contribution in [2.45, 2.75) is 11.8 Å². The first kappa shape index (κ1) is 15.7. The van der Waals surface area contributed by atoms with Crippen LogP contribution in [0.25, 0.3) is 0 Å². The lowest BCUT2D eigenvalue weighted by Gasteiger charge is -2.08.